The number of nitrogens with one attached hydrogen (secondary N) is 1. The number of carbonyl (C=O) groups is 2. The quantitative estimate of drug-likeness (QED) is 0.780. The number of likely N-dealkylation sites (tertiary alicyclic amines) is 1. The first-order chi connectivity index (χ1) is 8.52. The van der Waals surface area contributed by atoms with E-state index in [1.165, 1.54) is 0 Å². The van der Waals surface area contributed by atoms with Crippen LogP contribution >= 0.6 is 0 Å². The zero-order valence-electron chi connectivity index (χ0n) is 11.4. The minimum Gasteiger partial charge on any atom is -0.450 e. The first-order valence-corrected chi connectivity index (χ1v) is 6.40. The topological polar surface area (TPSA) is 58.6 Å². The fourth-order valence-corrected chi connectivity index (χ4v) is 1.93. The van der Waals surface area contributed by atoms with Crippen LogP contribution in [0.1, 0.15) is 33.6 Å². The molecule has 0 bridgehead atoms. The Kier molecular flexibility index (Phi) is 5.68. The average molecular weight is 254 g/mol. The molecule has 5 nitrogen and oxygen atoms in total. The highest BCUT2D eigenvalue weighted by Gasteiger charge is 2.23. The van der Waals surface area contributed by atoms with Crippen molar-refractivity contribution in [3.8, 4) is 0 Å². The number of piperidine rings is 1. The highest BCUT2D eigenvalue weighted by molar-refractivity contribution is 5.88. The van der Waals surface area contributed by atoms with Gasteiger partial charge in [-0.05, 0) is 33.6 Å². The first kappa shape index (κ1) is 14.5. The molecule has 102 valence electrons. The van der Waals surface area contributed by atoms with E-state index in [0.29, 0.717) is 19.7 Å². The summed E-state index contributed by atoms with van der Waals surface area (Å²) in [6, 6.07) is 0.152. The van der Waals surface area contributed by atoms with E-state index in [-0.39, 0.29) is 18.0 Å². The van der Waals surface area contributed by atoms with E-state index in [2.05, 4.69) is 5.32 Å². The molecule has 1 rings (SSSR count). The largest absolute Gasteiger partial charge is 0.450 e. The van der Waals surface area contributed by atoms with Crippen molar-refractivity contribution >= 4 is 12.0 Å². The molecule has 1 N–H and O–H groups in total. The molecular formula is C13H22N2O3. The number of hydrogen-bond donors (Lipinski definition) is 1. The minimum absolute atomic E-state index is 0.0513. The lowest BCUT2D eigenvalue weighted by Crippen LogP contribution is -2.46. The molecule has 5 heteroatoms. The summed E-state index contributed by atoms with van der Waals surface area (Å²) in [7, 11) is 0. The van der Waals surface area contributed by atoms with Crippen LogP contribution in [-0.4, -0.2) is 42.6 Å². The molecule has 1 fully saturated rings. The molecular weight excluding hydrogens is 232 g/mol. The van der Waals surface area contributed by atoms with Gasteiger partial charge in [-0.3, -0.25) is 4.79 Å². The Morgan fingerprint density at radius 1 is 1.33 bits per heavy atom. The number of carbonyl (C=O) groups excluding carboxylic acids is 2. The highest BCUT2D eigenvalue weighted by Crippen LogP contribution is 2.11. The Bertz CT molecular complexity index is 327. The summed E-state index contributed by atoms with van der Waals surface area (Å²) in [6.07, 6.45) is 2.90. The van der Waals surface area contributed by atoms with Crippen molar-refractivity contribution in [1.82, 2.24) is 10.2 Å². The molecule has 2 amide bonds. The van der Waals surface area contributed by atoms with E-state index in [4.69, 9.17) is 4.74 Å². The number of rotatable bonds is 3. The van der Waals surface area contributed by atoms with Crippen LogP contribution in [0.25, 0.3) is 0 Å². The van der Waals surface area contributed by atoms with Crippen LogP contribution in [0.2, 0.25) is 0 Å². The predicted molar refractivity (Wildman–Crippen MR) is 69.2 cm³/mol. The van der Waals surface area contributed by atoms with Crippen LogP contribution in [0, 0.1) is 0 Å². The lowest BCUT2D eigenvalue weighted by atomic mass is 10.1. The van der Waals surface area contributed by atoms with Crippen molar-refractivity contribution < 1.29 is 14.3 Å². The van der Waals surface area contributed by atoms with Crippen LogP contribution < -0.4 is 5.32 Å². The van der Waals surface area contributed by atoms with Crippen molar-refractivity contribution in [3.05, 3.63) is 11.6 Å². The zero-order chi connectivity index (χ0) is 13.5. The molecule has 0 aromatic heterocycles. The summed E-state index contributed by atoms with van der Waals surface area (Å²) in [6.45, 7) is 7.25. The molecule has 0 unspecified atom stereocenters. The van der Waals surface area contributed by atoms with Gasteiger partial charge in [0.15, 0.2) is 0 Å². The van der Waals surface area contributed by atoms with Gasteiger partial charge < -0.3 is 15.0 Å². The van der Waals surface area contributed by atoms with E-state index in [0.717, 1.165) is 18.4 Å². The van der Waals surface area contributed by atoms with Gasteiger partial charge in [-0.2, -0.15) is 0 Å². The van der Waals surface area contributed by atoms with Gasteiger partial charge in [0.05, 0.1) is 6.61 Å². The molecule has 0 aromatic rings. The second kappa shape index (κ2) is 7.03. The van der Waals surface area contributed by atoms with Gasteiger partial charge in [-0.25, -0.2) is 4.79 Å². The number of amides is 2. The number of allylic oxidation sites excluding steroid dienone is 1. The van der Waals surface area contributed by atoms with E-state index in [1.54, 1.807) is 17.9 Å². The summed E-state index contributed by atoms with van der Waals surface area (Å²) >= 11 is 0. The van der Waals surface area contributed by atoms with Gasteiger partial charge in [0.2, 0.25) is 5.91 Å². The smallest absolute Gasteiger partial charge is 0.409 e. The zero-order valence-corrected chi connectivity index (χ0v) is 11.4. The van der Waals surface area contributed by atoms with E-state index < -0.39 is 0 Å². The molecule has 0 atom stereocenters. The maximum Gasteiger partial charge on any atom is 0.409 e. The maximum atomic E-state index is 11.5. The molecule has 1 aliphatic rings. The van der Waals surface area contributed by atoms with Crippen molar-refractivity contribution in [1.29, 1.82) is 0 Å². The molecule has 0 aliphatic carbocycles. The van der Waals surface area contributed by atoms with Crippen LogP contribution in [0.15, 0.2) is 11.6 Å². The summed E-state index contributed by atoms with van der Waals surface area (Å²) in [5.74, 6) is -0.0513. The number of ether oxygens (including phenoxy) is 1. The lowest BCUT2D eigenvalue weighted by molar-refractivity contribution is -0.117. The molecule has 0 radical (unpaired) electrons. The van der Waals surface area contributed by atoms with Gasteiger partial charge in [-0.15, -0.1) is 0 Å². The van der Waals surface area contributed by atoms with Crippen LogP contribution in [0.3, 0.4) is 0 Å². The van der Waals surface area contributed by atoms with Crippen LogP contribution in [0.5, 0.6) is 0 Å². The molecule has 1 aliphatic heterocycles. The standard InChI is InChI=1S/C13H22N2O3/c1-4-18-13(17)15-7-5-11(6-8-15)14-12(16)9-10(2)3/h9,11H,4-8H2,1-3H3,(H,14,16). The maximum absolute atomic E-state index is 11.5. The van der Waals surface area contributed by atoms with Gasteiger partial charge in [0, 0.05) is 25.2 Å². The third-order valence-electron chi connectivity index (χ3n) is 2.79. The summed E-state index contributed by atoms with van der Waals surface area (Å²) in [4.78, 5) is 24.7. The van der Waals surface area contributed by atoms with Gasteiger partial charge in [0.25, 0.3) is 0 Å². The molecule has 1 saturated heterocycles. The summed E-state index contributed by atoms with van der Waals surface area (Å²) in [5.41, 5.74) is 0.983. The number of nitrogens with zero attached hydrogens (tertiary/aromatic N) is 1. The molecule has 0 aromatic carbocycles. The van der Waals surface area contributed by atoms with Crippen LogP contribution in [0.4, 0.5) is 4.79 Å². The van der Waals surface area contributed by atoms with Gasteiger partial charge in [-0.1, -0.05) is 5.57 Å². The summed E-state index contributed by atoms with van der Waals surface area (Å²) < 4.78 is 4.94. The van der Waals surface area contributed by atoms with Crippen LogP contribution in [-0.2, 0) is 9.53 Å². The first-order valence-electron chi connectivity index (χ1n) is 6.40. The van der Waals surface area contributed by atoms with Gasteiger partial charge in [0.1, 0.15) is 0 Å². The van der Waals surface area contributed by atoms with Crippen molar-refractivity contribution in [2.24, 2.45) is 0 Å². The van der Waals surface area contributed by atoms with Crippen molar-refractivity contribution in [3.63, 3.8) is 0 Å². The number of hydrogen-bond acceptors (Lipinski definition) is 3. The molecule has 0 spiro atoms. The monoisotopic (exact) mass is 254 g/mol. The third kappa shape index (κ3) is 4.77. The van der Waals surface area contributed by atoms with E-state index in [1.807, 2.05) is 13.8 Å². The molecule has 18 heavy (non-hydrogen) atoms. The normalized spacial score (nSPS) is 16.1. The van der Waals surface area contributed by atoms with Gasteiger partial charge >= 0.3 is 6.09 Å². The Morgan fingerprint density at radius 2 is 1.94 bits per heavy atom. The predicted octanol–water partition coefficient (Wildman–Crippen LogP) is 1.69. The lowest BCUT2D eigenvalue weighted by Gasteiger charge is -2.31. The fraction of sp³-hybridized carbons (Fsp3) is 0.692. The Labute approximate surface area is 108 Å². The second-order valence-electron chi connectivity index (χ2n) is 4.69. The molecule has 0 saturated carbocycles. The second-order valence-corrected chi connectivity index (χ2v) is 4.69. The summed E-state index contributed by atoms with van der Waals surface area (Å²) in [5, 5.41) is 2.95. The SMILES string of the molecule is CCOC(=O)N1CCC(NC(=O)C=C(C)C)CC1. The Balaban J connectivity index is 2.33. The van der Waals surface area contributed by atoms with Crippen molar-refractivity contribution in [2.45, 2.75) is 39.7 Å². The van der Waals surface area contributed by atoms with Crippen molar-refractivity contribution in [2.75, 3.05) is 19.7 Å². The van der Waals surface area contributed by atoms with E-state index >= 15 is 0 Å². The highest BCUT2D eigenvalue weighted by atomic mass is 16.6. The fourth-order valence-electron chi connectivity index (χ4n) is 1.93. The molecule has 1 heterocycles. The Hall–Kier alpha value is -1.52. The third-order valence-corrected chi connectivity index (χ3v) is 2.79. The van der Waals surface area contributed by atoms with E-state index in [9.17, 15) is 9.59 Å². The minimum atomic E-state index is -0.258. The Morgan fingerprint density at radius 3 is 2.44 bits per heavy atom. The average Bonchev–Trinajstić information content (AvgIpc) is 2.29.